The summed E-state index contributed by atoms with van der Waals surface area (Å²) in [7, 11) is 0. The van der Waals surface area contributed by atoms with Crippen LogP contribution in [-0.4, -0.2) is 17.4 Å². The lowest BCUT2D eigenvalue weighted by molar-refractivity contribution is 0.116. The average molecular weight is 249 g/mol. The molecule has 3 N–H and O–H groups in total. The molecule has 0 spiro atoms. The smallest absolute Gasteiger partial charge is 0.142 e. The van der Waals surface area contributed by atoms with Crippen molar-refractivity contribution in [2.45, 2.75) is 45.6 Å². The summed E-state index contributed by atoms with van der Waals surface area (Å²) >= 11 is 0. The molecule has 0 unspecified atom stereocenters. The van der Waals surface area contributed by atoms with Crippen molar-refractivity contribution in [3.63, 3.8) is 0 Å². The molecule has 0 aliphatic rings. The molecule has 0 aliphatic heterocycles. The summed E-state index contributed by atoms with van der Waals surface area (Å²) in [6, 6.07) is 3.74. The first kappa shape index (κ1) is 14.6. The number of nitrogens with two attached hydrogens (primary N) is 1. The third-order valence-electron chi connectivity index (χ3n) is 2.80. The number of ether oxygens (including phenoxy) is 1. The molecule has 1 rings (SSSR count). The van der Waals surface area contributed by atoms with E-state index in [1.54, 1.807) is 6.20 Å². The monoisotopic (exact) mass is 249 g/mol. The number of unbranched alkanes of at least 4 members (excludes halogenated alkanes) is 4. The molecule has 0 saturated carbocycles. The van der Waals surface area contributed by atoms with Crippen molar-refractivity contribution in [3.05, 3.63) is 29.6 Å². The van der Waals surface area contributed by atoms with Gasteiger partial charge in [-0.05, 0) is 12.5 Å². The minimum absolute atomic E-state index is 0.00264. The van der Waals surface area contributed by atoms with E-state index in [1.165, 1.54) is 25.7 Å². The molecule has 0 saturated heterocycles. The number of nitrogen functional groups attached to an aromatic ring is 1. The lowest BCUT2D eigenvalue weighted by Crippen LogP contribution is -2.16. The van der Waals surface area contributed by atoms with Crippen LogP contribution in [0.3, 0.4) is 0 Å². The van der Waals surface area contributed by atoms with E-state index in [0.717, 1.165) is 18.6 Å². The van der Waals surface area contributed by atoms with Gasteiger partial charge < -0.3 is 10.5 Å². The fraction of sp³-hybridized carbons (Fsp3) is 0.571. The molecule has 0 atom stereocenters. The summed E-state index contributed by atoms with van der Waals surface area (Å²) in [5.74, 6) is -0.00264. The highest BCUT2D eigenvalue weighted by Gasteiger charge is 2.05. The normalized spacial score (nSPS) is 10.5. The van der Waals surface area contributed by atoms with Gasteiger partial charge in [0.25, 0.3) is 0 Å². The Kier molecular flexibility index (Phi) is 7.03. The van der Waals surface area contributed by atoms with Crippen LogP contribution in [0, 0.1) is 5.41 Å². The largest absolute Gasteiger partial charge is 0.382 e. The highest BCUT2D eigenvalue weighted by Crippen LogP contribution is 2.08. The lowest BCUT2D eigenvalue weighted by Gasteiger charge is -2.08. The topological polar surface area (TPSA) is 72.0 Å². The SMILES string of the molecule is CCCCCCCOCc1cccnc1C(=N)N. The summed E-state index contributed by atoms with van der Waals surface area (Å²) in [6.45, 7) is 3.45. The third-order valence-corrected chi connectivity index (χ3v) is 2.80. The Bertz CT molecular complexity index is 366. The predicted molar refractivity (Wildman–Crippen MR) is 73.7 cm³/mol. The van der Waals surface area contributed by atoms with E-state index in [9.17, 15) is 0 Å². The molecule has 4 nitrogen and oxygen atoms in total. The van der Waals surface area contributed by atoms with E-state index in [2.05, 4.69) is 11.9 Å². The van der Waals surface area contributed by atoms with Gasteiger partial charge in [0.2, 0.25) is 0 Å². The zero-order chi connectivity index (χ0) is 13.2. The van der Waals surface area contributed by atoms with E-state index in [-0.39, 0.29) is 5.84 Å². The van der Waals surface area contributed by atoms with E-state index < -0.39 is 0 Å². The Morgan fingerprint density at radius 2 is 2.11 bits per heavy atom. The lowest BCUT2D eigenvalue weighted by atomic mass is 10.1. The van der Waals surface area contributed by atoms with Crippen LogP contribution in [0.15, 0.2) is 18.3 Å². The summed E-state index contributed by atoms with van der Waals surface area (Å²) in [6.07, 6.45) is 7.81. The van der Waals surface area contributed by atoms with E-state index in [4.69, 9.17) is 15.9 Å². The second-order valence-electron chi connectivity index (χ2n) is 4.39. The first-order valence-corrected chi connectivity index (χ1v) is 6.61. The van der Waals surface area contributed by atoms with Crippen LogP contribution in [0.1, 0.15) is 50.3 Å². The van der Waals surface area contributed by atoms with Crippen LogP contribution in [0.25, 0.3) is 0 Å². The molecule has 1 heterocycles. The number of nitrogens with one attached hydrogen (secondary N) is 1. The maximum Gasteiger partial charge on any atom is 0.142 e. The van der Waals surface area contributed by atoms with Gasteiger partial charge >= 0.3 is 0 Å². The molecule has 0 aliphatic carbocycles. The molecule has 4 heteroatoms. The zero-order valence-electron chi connectivity index (χ0n) is 11.1. The summed E-state index contributed by atoms with van der Waals surface area (Å²) in [4.78, 5) is 4.09. The van der Waals surface area contributed by atoms with Crippen molar-refractivity contribution in [1.82, 2.24) is 4.98 Å². The maximum atomic E-state index is 7.43. The van der Waals surface area contributed by atoms with Crippen molar-refractivity contribution >= 4 is 5.84 Å². The minimum atomic E-state index is -0.00264. The molecule has 0 fully saturated rings. The second kappa shape index (κ2) is 8.64. The van der Waals surface area contributed by atoms with Gasteiger partial charge in [-0.1, -0.05) is 38.7 Å². The van der Waals surface area contributed by atoms with Crippen LogP contribution >= 0.6 is 0 Å². The molecule has 1 aromatic rings. The van der Waals surface area contributed by atoms with Crippen molar-refractivity contribution in [1.29, 1.82) is 5.41 Å². The first-order chi connectivity index (χ1) is 8.75. The van der Waals surface area contributed by atoms with E-state index in [1.807, 2.05) is 12.1 Å². The molecular weight excluding hydrogens is 226 g/mol. The van der Waals surface area contributed by atoms with Crippen molar-refractivity contribution in [2.75, 3.05) is 6.61 Å². The number of aromatic nitrogens is 1. The third kappa shape index (κ3) is 5.27. The van der Waals surface area contributed by atoms with Gasteiger partial charge in [-0.25, -0.2) is 0 Å². The summed E-state index contributed by atoms with van der Waals surface area (Å²) < 4.78 is 5.60. The Morgan fingerprint density at radius 3 is 2.83 bits per heavy atom. The molecule has 0 amide bonds. The second-order valence-corrected chi connectivity index (χ2v) is 4.39. The van der Waals surface area contributed by atoms with Gasteiger partial charge in [0.05, 0.1) is 6.61 Å². The van der Waals surface area contributed by atoms with Gasteiger partial charge in [-0.2, -0.15) is 0 Å². The molecule has 0 aromatic carbocycles. The molecule has 18 heavy (non-hydrogen) atoms. The van der Waals surface area contributed by atoms with Crippen LogP contribution in [0.2, 0.25) is 0 Å². The number of hydrogen-bond acceptors (Lipinski definition) is 3. The number of hydrogen-bond donors (Lipinski definition) is 2. The number of pyridine rings is 1. The quantitative estimate of drug-likeness (QED) is 0.401. The van der Waals surface area contributed by atoms with Gasteiger partial charge in [0, 0.05) is 18.4 Å². The number of amidine groups is 1. The van der Waals surface area contributed by atoms with E-state index in [0.29, 0.717) is 12.3 Å². The standard InChI is InChI=1S/C14H23N3O/c1-2-3-4-5-6-10-18-11-12-8-7-9-17-13(12)14(15)16/h7-9H,2-6,10-11H2,1H3,(H3,15,16). The highest BCUT2D eigenvalue weighted by molar-refractivity contribution is 5.94. The van der Waals surface area contributed by atoms with Crippen LogP contribution in [0.5, 0.6) is 0 Å². The molecule has 1 aromatic heterocycles. The van der Waals surface area contributed by atoms with Crippen LogP contribution in [0.4, 0.5) is 0 Å². The average Bonchev–Trinajstić information content (AvgIpc) is 2.38. The van der Waals surface area contributed by atoms with Crippen molar-refractivity contribution in [3.8, 4) is 0 Å². The van der Waals surface area contributed by atoms with Crippen LogP contribution in [-0.2, 0) is 11.3 Å². The van der Waals surface area contributed by atoms with Crippen molar-refractivity contribution in [2.24, 2.45) is 5.73 Å². The Morgan fingerprint density at radius 1 is 1.33 bits per heavy atom. The minimum Gasteiger partial charge on any atom is -0.382 e. The molecule has 0 bridgehead atoms. The first-order valence-electron chi connectivity index (χ1n) is 6.61. The Balaban J connectivity index is 2.25. The number of rotatable bonds is 9. The molecule has 100 valence electrons. The van der Waals surface area contributed by atoms with E-state index >= 15 is 0 Å². The fourth-order valence-electron chi connectivity index (χ4n) is 1.79. The summed E-state index contributed by atoms with van der Waals surface area (Å²) in [5.41, 5.74) is 6.88. The maximum absolute atomic E-state index is 7.43. The number of nitrogens with zero attached hydrogens (tertiary/aromatic N) is 1. The summed E-state index contributed by atoms with van der Waals surface area (Å²) in [5, 5.41) is 7.43. The predicted octanol–water partition coefficient (Wildman–Crippen LogP) is 2.85. The highest BCUT2D eigenvalue weighted by atomic mass is 16.5. The Hall–Kier alpha value is -1.42. The zero-order valence-corrected chi connectivity index (χ0v) is 11.1. The molecule has 0 radical (unpaired) electrons. The van der Waals surface area contributed by atoms with Gasteiger partial charge in [-0.3, -0.25) is 10.4 Å². The Labute approximate surface area is 109 Å². The van der Waals surface area contributed by atoms with Gasteiger partial charge in [0.1, 0.15) is 11.5 Å². The van der Waals surface area contributed by atoms with Gasteiger partial charge in [-0.15, -0.1) is 0 Å². The van der Waals surface area contributed by atoms with Crippen LogP contribution < -0.4 is 5.73 Å². The van der Waals surface area contributed by atoms with Gasteiger partial charge in [0.15, 0.2) is 0 Å². The molecular formula is C14H23N3O. The van der Waals surface area contributed by atoms with Crippen molar-refractivity contribution < 1.29 is 4.74 Å². The fourth-order valence-corrected chi connectivity index (χ4v) is 1.79.